The van der Waals surface area contributed by atoms with Gasteiger partial charge in [-0.15, -0.1) is 0 Å². The van der Waals surface area contributed by atoms with Crippen LogP contribution in [0.15, 0.2) is 11.8 Å². The Morgan fingerprint density at radius 3 is 2.35 bits per heavy atom. The Labute approximate surface area is 203 Å². The molecule has 5 fully saturated rings. The molecule has 0 amide bonds. The van der Waals surface area contributed by atoms with E-state index in [-0.39, 0.29) is 58.0 Å². The highest BCUT2D eigenvalue weighted by molar-refractivity contribution is 5.98. The number of fused-ring (bicyclic) bond motifs is 7. The van der Waals surface area contributed by atoms with Gasteiger partial charge < -0.3 is 10.2 Å². The summed E-state index contributed by atoms with van der Waals surface area (Å²) >= 11 is 0. The number of aliphatic hydroxyl groups is 1. The van der Waals surface area contributed by atoms with Gasteiger partial charge in [0.2, 0.25) is 0 Å². The van der Waals surface area contributed by atoms with Crippen LogP contribution in [-0.4, -0.2) is 27.7 Å². The summed E-state index contributed by atoms with van der Waals surface area (Å²) in [4.78, 5) is 38.8. The Morgan fingerprint density at radius 2 is 1.68 bits per heavy atom. The molecule has 0 heterocycles. The third kappa shape index (κ3) is 3.20. The first-order valence-corrected chi connectivity index (χ1v) is 13.6. The summed E-state index contributed by atoms with van der Waals surface area (Å²) in [6, 6.07) is 0. The first-order chi connectivity index (χ1) is 16.0. The van der Waals surface area contributed by atoms with E-state index < -0.39 is 5.97 Å². The van der Waals surface area contributed by atoms with Crippen LogP contribution in [0.5, 0.6) is 0 Å². The highest BCUT2D eigenvalue weighted by Crippen LogP contribution is 2.71. The fourth-order valence-electron chi connectivity index (χ4n) is 10.4. The minimum atomic E-state index is -0.720. The molecule has 5 aliphatic carbocycles. The van der Waals surface area contributed by atoms with E-state index >= 15 is 0 Å². The number of carbonyl (C=O) groups is 3. The zero-order chi connectivity index (χ0) is 24.6. The van der Waals surface area contributed by atoms with Crippen LogP contribution in [0.25, 0.3) is 0 Å². The second-order valence-electron chi connectivity index (χ2n) is 13.5. The summed E-state index contributed by atoms with van der Waals surface area (Å²) < 4.78 is 0. The molecule has 5 nitrogen and oxygen atoms in total. The maximum Gasteiger partial charge on any atom is 0.303 e. The van der Waals surface area contributed by atoms with Gasteiger partial charge in [-0.25, -0.2) is 0 Å². The number of aliphatic hydroxyl groups excluding tert-OH is 1. The highest BCUT2D eigenvalue weighted by atomic mass is 16.4. The summed E-state index contributed by atoms with van der Waals surface area (Å²) in [7, 11) is 0. The molecular formula is C29H42O5. The van der Waals surface area contributed by atoms with Crippen LogP contribution >= 0.6 is 0 Å². The molecule has 188 valence electrons. The summed E-state index contributed by atoms with van der Waals surface area (Å²) in [6.07, 6.45) is 9.19. The first-order valence-electron chi connectivity index (χ1n) is 13.6. The maximum absolute atomic E-state index is 14.1. The number of allylic oxidation sites excluding steroid dienone is 1. The molecule has 0 saturated heterocycles. The first kappa shape index (κ1) is 24.1. The number of Topliss-reactive ketones (excluding diaryl/α,β-unsaturated/α-hetero) is 2. The van der Waals surface area contributed by atoms with Crippen molar-refractivity contribution in [3.63, 3.8) is 0 Å². The molecule has 0 aromatic heterocycles. The highest BCUT2D eigenvalue weighted by Gasteiger charge is 2.67. The SMILES string of the molecule is CC1CCC2(CC(=O)O)CCC3C(C(=O)CC4C5(C)C/C(=C/O)C(=O)C(C)C5CCC34C)C2C1. The van der Waals surface area contributed by atoms with Gasteiger partial charge in [0.15, 0.2) is 5.78 Å². The van der Waals surface area contributed by atoms with Crippen molar-refractivity contribution in [2.75, 3.05) is 0 Å². The van der Waals surface area contributed by atoms with E-state index in [1.165, 1.54) is 0 Å². The fraction of sp³-hybridized carbons (Fsp3) is 0.828. The second-order valence-corrected chi connectivity index (χ2v) is 13.5. The van der Waals surface area contributed by atoms with E-state index in [0.29, 0.717) is 36.0 Å². The minimum Gasteiger partial charge on any atom is -0.515 e. The minimum absolute atomic E-state index is 0.0145. The zero-order valence-corrected chi connectivity index (χ0v) is 21.3. The Bertz CT molecular complexity index is 937. The van der Waals surface area contributed by atoms with Crippen molar-refractivity contribution in [1.29, 1.82) is 0 Å². The number of rotatable bonds is 2. The topological polar surface area (TPSA) is 91.7 Å². The van der Waals surface area contributed by atoms with Crippen LogP contribution in [0, 0.1) is 57.7 Å². The lowest BCUT2D eigenvalue weighted by Gasteiger charge is -2.67. The molecule has 2 N–H and O–H groups in total. The van der Waals surface area contributed by atoms with Crippen molar-refractivity contribution in [3.05, 3.63) is 11.8 Å². The van der Waals surface area contributed by atoms with Crippen molar-refractivity contribution >= 4 is 17.5 Å². The van der Waals surface area contributed by atoms with Crippen LogP contribution in [-0.2, 0) is 14.4 Å². The molecule has 0 radical (unpaired) electrons. The molecule has 5 rings (SSSR count). The predicted octanol–water partition coefficient (Wildman–Crippen LogP) is 5.97. The van der Waals surface area contributed by atoms with E-state index in [1.807, 2.05) is 6.92 Å². The van der Waals surface area contributed by atoms with Crippen LogP contribution in [0.2, 0.25) is 0 Å². The van der Waals surface area contributed by atoms with E-state index in [9.17, 15) is 24.6 Å². The molecule has 34 heavy (non-hydrogen) atoms. The lowest BCUT2D eigenvalue weighted by atomic mass is 9.36. The van der Waals surface area contributed by atoms with Crippen LogP contribution in [0.3, 0.4) is 0 Å². The number of hydrogen-bond donors (Lipinski definition) is 2. The molecule has 0 bridgehead atoms. The van der Waals surface area contributed by atoms with Gasteiger partial charge in [0.05, 0.1) is 12.7 Å². The van der Waals surface area contributed by atoms with Gasteiger partial charge in [0.25, 0.3) is 0 Å². The molecular weight excluding hydrogens is 428 g/mol. The number of carboxylic acids is 1. The van der Waals surface area contributed by atoms with Gasteiger partial charge in [0.1, 0.15) is 5.78 Å². The third-order valence-electron chi connectivity index (χ3n) is 12.0. The molecule has 10 atom stereocenters. The Morgan fingerprint density at radius 1 is 1.00 bits per heavy atom. The quantitative estimate of drug-likeness (QED) is 0.383. The number of ketones is 2. The van der Waals surface area contributed by atoms with E-state index in [1.54, 1.807) is 0 Å². The van der Waals surface area contributed by atoms with Gasteiger partial charge in [0, 0.05) is 23.8 Å². The summed E-state index contributed by atoms with van der Waals surface area (Å²) in [5, 5.41) is 19.6. The monoisotopic (exact) mass is 470 g/mol. The van der Waals surface area contributed by atoms with E-state index in [4.69, 9.17) is 0 Å². The molecule has 0 spiro atoms. The fourth-order valence-corrected chi connectivity index (χ4v) is 10.4. The van der Waals surface area contributed by atoms with Gasteiger partial charge >= 0.3 is 5.97 Å². The molecule has 0 aromatic rings. The van der Waals surface area contributed by atoms with E-state index in [0.717, 1.165) is 51.2 Å². The second kappa shape index (κ2) is 7.93. The van der Waals surface area contributed by atoms with Crippen LogP contribution in [0.4, 0.5) is 0 Å². The molecule has 5 saturated carbocycles. The molecule has 0 aliphatic heterocycles. The smallest absolute Gasteiger partial charge is 0.303 e. The standard InChI is InChI=1S/C29H42O5/c1-16-5-9-29(14-24(32)33)10-7-20-25(21(29)11-16)22(31)12-23-27(20,3)8-6-19-17(2)26(34)18(15-30)13-28(19,23)4/h15-17,19-21,23,25,30H,5-14H2,1-4H3,(H,32,33)/b18-15-. The lowest BCUT2D eigenvalue weighted by Crippen LogP contribution is -2.64. The van der Waals surface area contributed by atoms with Gasteiger partial charge in [-0.1, -0.05) is 34.1 Å². The largest absolute Gasteiger partial charge is 0.515 e. The lowest BCUT2D eigenvalue weighted by molar-refractivity contribution is -0.194. The van der Waals surface area contributed by atoms with Crippen LogP contribution < -0.4 is 0 Å². The Kier molecular flexibility index (Phi) is 5.61. The molecule has 5 heteroatoms. The average molecular weight is 471 g/mol. The zero-order valence-electron chi connectivity index (χ0n) is 21.3. The average Bonchev–Trinajstić information content (AvgIpc) is 2.77. The molecule has 5 aliphatic rings. The van der Waals surface area contributed by atoms with Crippen molar-refractivity contribution < 1.29 is 24.6 Å². The number of carbonyl (C=O) groups excluding carboxylic acids is 2. The summed E-state index contributed by atoms with van der Waals surface area (Å²) in [5.74, 6) is 1.02. The molecule has 10 unspecified atom stereocenters. The van der Waals surface area contributed by atoms with Crippen molar-refractivity contribution in [2.45, 2.75) is 91.9 Å². The number of carboxylic acid groups (broad SMARTS) is 1. The Hall–Kier alpha value is -1.65. The number of hydrogen-bond acceptors (Lipinski definition) is 4. The normalized spacial score (nSPS) is 51.8. The third-order valence-corrected chi connectivity index (χ3v) is 12.0. The van der Waals surface area contributed by atoms with Crippen molar-refractivity contribution in [1.82, 2.24) is 0 Å². The Balaban J connectivity index is 1.53. The summed E-state index contributed by atoms with van der Waals surface area (Å²) in [5.41, 5.74) is 0.138. The summed E-state index contributed by atoms with van der Waals surface area (Å²) in [6.45, 7) is 8.96. The van der Waals surface area contributed by atoms with Gasteiger partial charge in [-0.2, -0.15) is 0 Å². The maximum atomic E-state index is 14.1. The number of aliphatic carboxylic acids is 1. The van der Waals surface area contributed by atoms with Gasteiger partial charge in [-0.3, -0.25) is 14.4 Å². The van der Waals surface area contributed by atoms with Crippen molar-refractivity contribution in [2.24, 2.45) is 57.7 Å². The van der Waals surface area contributed by atoms with Crippen molar-refractivity contribution in [3.8, 4) is 0 Å². The molecule has 0 aromatic carbocycles. The van der Waals surface area contributed by atoms with E-state index in [2.05, 4.69) is 20.8 Å². The van der Waals surface area contributed by atoms with Gasteiger partial charge in [-0.05, 0) is 90.8 Å². The predicted molar refractivity (Wildman–Crippen MR) is 129 cm³/mol. The van der Waals surface area contributed by atoms with Crippen LogP contribution in [0.1, 0.15) is 91.9 Å².